The Kier molecular flexibility index (Phi) is 5.22. The minimum atomic E-state index is -4.67. The van der Waals surface area contributed by atoms with E-state index in [0.29, 0.717) is 5.56 Å². The molecule has 0 N–H and O–H groups in total. The zero-order valence-corrected chi connectivity index (χ0v) is 15.0. The molecule has 146 valence electrons. The largest absolute Gasteiger partial charge is 0.465 e. The van der Waals surface area contributed by atoms with Crippen LogP contribution in [0.15, 0.2) is 48.7 Å². The summed E-state index contributed by atoms with van der Waals surface area (Å²) in [5, 5.41) is 3.63. The minimum absolute atomic E-state index is 0.0231. The molecule has 0 aliphatic heterocycles. The summed E-state index contributed by atoms with van der Waals surface area (Å²) >= 11 is 0. The van der Waals surface area contributed by atoms with Crippen LogP contribution in [0, 0.1) is 12.7 Å². The molecular formula is C20H16F4N2O2. The van der Waals surface area contributed by atoms with Crippen LogP contribution in [0.4, 0.5) is 17.6 Å². The lowest BCUT2D eigenvalue weighted by molar-refractivity contribution is -0.141. The summed E-state index contributed by atoms with van der Waals surface area (Å²) in [4.78, 5) is 11.6. The van der Waals surface area contributed by atoms with Crippen molar-refractivity contribution < 1.29 is 27.1 Å². The zero-order valence-electron chi connectivity index (χ0n) is 15.0. The lowest BCUT2D eigenvalue weighted by atomic mass is 10.0. The average Bonchev–Trinajstić information content (AvgIpc) is 3.07. The molecule has 3 aromatic rings. The number of carbonyl (C=O) groups excluding carboxylic acids is 1. The van der Waals surface area contributed by atoms with Gasteiger partial charge in [-0.3, -0.25) is 4.68 Å². The standard InChI is InChI=1S/C20H16F4N2O2/c1-12-5-3-6-13(9-12)16-11-26(25-18(16)20(22,23)24)10-14-7-4-8-15(17(14)21)19(27)28-2/h3-9,11H,10H2,1-2H3. The van der Waals surface area contributed by atoms with Crippen LogP contribution in [0.1, 0.15) is 27.2 Å². The molecule has 0 bridgehead atoms. The first-order valence-electron chi connectivity index (χ1n) is 8.28. The fourth-order valence-electron chi connectivity index (χ4n) is 2.88. The van der Waals surface area contributed by atoms with E-state index in [1.54, 1.807) is 31.2 Å². The number of aryl methyl sites for hydroxylation is 1. The van der Waals surface area contributed by atoms with E-state index >= 15 is 0 Å². The van der Waals surface area contributed by atoms with Gasteiger partial charge in [0.25, 0.3) is 0 Å². The zero-order chi connectivity index (χ0) is 20.5. The highest BCUT2D eigenvalue weighted by Crippen LogP contribution is 2.36. The van der Waals surface area contributed by atoms with Crippen molar-refractivity contribution in [2.24, 2.45) is 0 Å². The second kappa shape index (κ2) is 7.46. The summed E-state index contributed by atoms with van der Waals surface area (Å²) in [5.74, 6) is -1.72. The number of benzene rings is 2. The molecule has 1 aromatic heterocycles. The SMILES string of the molecule is COC(=O)c1cccc(Cn2cc(-c3cccc(C)c3)c(C(F)(F)F)n2)c1F. The smallest absolute Gasteiger partial charge is 0.435 e. The molecule has 0 aliphatic carbocycles. The van der Waals surface area contributed by atoms with Crippen LogP contribution < -0.4 is 0 Å². The normalized spacial score (nSPS) is 11.5. The van der Waals surface area contributed by atoms with Gasteiger partial charge in [-0.2, -0.15) is 18.3 Å². The number of aromatic nitrogens is 2. The summed E-state index contributed by atoms with van der Waals surface area (Å²) in [5.41, 5.74) is -0.252. The highest BCUT2D eigenvalue weighted by Gasteiger charge is 2.37. The molecule has 0 atom stereocenters. The molecule has 0 unspecified atom stereocenters. The fraction of sp³-hybridized carbons (Fsp3) is 0.200. The van der Waals surface area contributed by atoms with Gasteiger partial charge in [0.2, 0.25) is 0 Å². The lowest BCUT2D eigenvalue weighted by Gasteiger charge is -2.07. The first-order valence-corrected chi connectivity index (χ1v) is 8.28. The number of esters is 1. The Balaban J connectivity index is 2.04. The van der Waals surface area contributed by atoms with Crippen LogP contribution in [0.3, 0.4) is 0 Å². The maximum atomic E-state index is 14.5. The number of ether oxygens (including phenoxy) is 1. The Morgan fingerprint density at radius 3 is 2.54 bits per heavy atom. The van der Waals surface area contributed by atoms with Crippen LogP contribution in [0.25, 0.3) is 11.1 Å². The first-order chi connectivity index (χ1) is 13.2. The topological polar surface area (TPSA) is 44.1 Å². The summed E-state index contributed by atoms with van der Waals surface area (Å²) < 4.78 is 60.5. The Labute approximate surface area is 158 Å². The van der Waals surface area contributed by atoms with Crippen molar-refractivity contribution in [2.45, 2.75) is 19.6 Å². The van der Waals surface area contributed by atoms with Crippen molar-refractivity contribution in [2.75, 3.05) is 7.11 Å². The second-order valence-electron chi connectivity index (χ2n) is 6.23. The molecule has 3 rings (SSSR count). The van der Waals surface area contributed by atoms with Gasteiger partial charge < -0.3 is 4.74 Å². The first kappa shape index (κ1) is 19.6. The highest BCUT2D eigenvalue weighted by atomic mass is 19.4. The van der Waals surface area contributed by atoms with E-state index in [1.165, 1.54) is 24.4 Å². The Morgan fingerprint density at radius 2 is 1.89 bits per heavy atom. The predicted octanol–water partition coefficient (Wildman–Crippen LogP) is 4.85. The van der Waals surface area contributed by atoms with Gasteiger partial charge in [0.1, 0.15) is 5.82 Å². The maximum absolute atomic E-state index is 14.5. The number of rotatable bonds is 4. The molecule has 2 aromatic carbocycles. The number of nitrogens with zero attached hydrogens (tertiary/aromatic N) is 2. The monoisotopic (exact) mass is 392 g/mol. The van der Waals surface area contributed by atoms with Gasteiger partial charge in [-0.05, 0) is 18.6 Å². The van der Waals surface area contributed by atoms with E-state index in [4.69, 9.17) is 0 Å². The van der Waals surface area contributed by atoms with Crippen molar-refractivity contribution >= 4 is 5.97 Å². The number of alkyl halides is 3. The van der Waals surface area contributed by atoms with Gasteiger partial charge in [-0.15, -0.1) is 0 Å². The van der Waals surface area contributed by atoms with Gasteiger partial charge in [0.05, 0.1) is 19.2 Å². The third-order valence-electron chi connectivity index (χ3n) is 4.18. The van der Waals surface area contributed by atoms with Crippen LogP contribution >= 0.6 is 0 Å². The number of carbonyl (C=O) groups is 1. The summed E-state index contributed by atoms with van der Waals surface area (Å²) in [6.45, 7) is 1.50. The molecule has 0 amide bonds. The Hall–Kier alpha value is -3.16. The van der Waals surface area contributed by atoms with Gasteiger partial charge in [0.15, 0.2) is 5.69 Å². The van der Waals surface area contributed by atoms with E-state index < -0.39 is 23.7 Å². The van der Waals surface area contributed by atoms with Crippen LogP contribution in [0.5, 0.6) is 0 Å². The van der Waals surface area contributed by atoms with Crippen molar-refractivity contribution in [3.8, 4) is 11.1 Å². The third kappa shape index (κ3) is 3.90. The van der Waals surface area contributed by atoms with Crippen LogP contribution in [-0.2, 0) is 17.5 Å². The number of hydrogen-bond acceptors (Lipinski definition) is 3. The Morgan fingerprint density at radius 1 is 1.18 bits per heavy atom. The van der Waals surface area contributed by atoms with Gasteiger partial charge in [-0.25, -0.2) is 9.18 Å². The third-order valence-corrected chi connectivity index (χ3v) is 4.18. The molecule has 4 nitrogen and oxygen atoms in total. The van der Waals surface area contributed by atoms with Gasteiger partial charge in [0, 0.05) is 17.3 Å². The number of hydrogen-bond donors (Lipinski definition) is 0. The number of halogens is 4. The summed E-state index contributed by atoms with van der Waals surface area (Å²) in [7, 11) is 1.12. The molecule has 0 radical (unpaired) electrons. The van der Waals surface area contributed by atoms with Crippen molar-refractivity contribution in [1.82, 2.24) is 9.78 Å². The van der Waals surface area contributed by atoms with Crippen LogP contribution in [-0.4, -0.2) is 22.9 Å². The molecule has 0 aliphatic rings. The van der Waals surface area contributed by atoms with E-state index in [9.17, 15) is 22.4 Å². The van der Waals surface area contributed by atoms with Crippen molar-refractivity contribution in [1.29, 1.82) is 0 Å². The van der Waals surface area contributed by atoms with E-state index in [-0.39, 0.29) is 23.2 Å². The van der Waals surface area contributed by atoms with Crippen molar-refractivity contribution in [3.05, 3.63) is 76.9 Å². The molecule has 0 saturated heterocycles. The fourth-order valence-corrected chi connectivity index (χ4v) is 2.88. The number of methoxy groups -OCH3 is 1. The molecular weight excluding hydrogens is 376 g/mol. The lowest BCUT2D eigenvalue weighted by Crippen LogP contribution is -2.11. The van der Waals surface area contributed by atoms with Crippen LogP contribution in [0.2, 0.25) is 0 Å². The van der Waals surface area contributed by atoms with Gasteiger partial charge in [-0.1, -0.05) is 42.0 Å². The highest BCUT2D eigenvalue weighted by molar-refractivity contribution is 5.89. The average molecular weight is 392 g/mol. The summed E-state index contributed by atoms with van der Waals surface area (Å²) in [6.07, 6.45) is -3.45. The van der Waals surface area contributed by atoms with E-state index in [2.05, 4.69) is 9.84 Å². The summed E-state index contributed by atoms with van der Waals surface area (Å²) in [6, 6.07) is 10.7. The molecule has 8 heteroatoms. The molecule has 0 saturated carbocycles. The molecule has 1 heterocycles. The quantitative estimate of drug-likeness (QED) is 0.471. The predicted molar refractivity (Wildman–Crippen MR) is 94.2 cm³/mol. The van der Waals surface area contributed by atoms with Crippen molar-refractivity contribution in [3.63, 3.8) is 0 Å². The van der Waals surface area contributed by atoms with Gasteiger partial charge >= 0.3 is 12.1 Å². The molecule has 28 heavy (non-hydrogen) atoms. The second-order valence-corrected chi connectivity index (χ2v) is 6.23. The minimum Gasteiger partial charge on any atom is -0.465 e. The maximum Gasteiger partial charge on any atom is 0.435 e. The Bertz CT molecular complexity index is 1030. The van der Waals surface area contributed by atoms with E-state index in [0.717, 1.165) is 17.4 Å². The molecule has 0 fully saturated rings. The van der Waals surface area contributed by atoms with E-state index in [1.807, 2.05) is 0 Å². The molecule has 0 spiro atoms.